The molecule has 2 amide bonds. The first kappa shape index (κ1) is 30.8. The van der Waals surface area contributed by atoms with Crippen LogP contribution in [0.4, 0.5) is 0 Å². The predicted molar refractivity (Wildman–Crippen MR) is 154 cm³/mol. The van der Waals surface area contributed by atoms with E-state index < -0.39 is 28.7 Å². The lowest BCUT2D eigenvalue weighted by Gasteiger charge is -2.37. The Kier molecular flexibility index (Phi) is 10.8. The van der Waals surface area contributed by atoms with Gasteiger partial charge < -0.3 is 20.2 Å². The first-order chi connectivity index (χ1) is 20.2. The van der Waals surface area contributed by atoms with Gasteiger partial charge in [-0.25, -0.2) is 13.2 Å². The van der Waals surface area contributed by atoms with Gasteiger partial charge in [-0.05, 0) is 55.1 Å². The van der Waals surface area contributed by atoms with E-state index in [0.29, 0.717) is 0 Å². The molecule has 1 unspecified atom stereocenters. The molecule has 2 aromatic carbocycles. The Labute approximate surface area is 244 Å². The lowest BCUT2D eigenvalue weighted by atomic mass is 9.93. The Morgan fingerprint density at radius 2 is 1.86 bits per heavy atom. The maximum absolute atomic E-state index is 12.5. The fourth-order valence-corrected chi connectivity index (χ4v) is 5.63. The highest BCUT2D eigenvalue weighted by Gasteiger charge is 2.27. The fraction of sp³-hybridized carbons (Fsp3) is 0.393. The number of nitrogens with zero attached hydrogens (tertiary/aromatic N) is 4. The molecule has 1 saturated heterocycles. The van der Waals surface area contributed by atoms with Crippen LogP contribution in [0.25, 0.3) is 10.8 Å². The van der Waals surface area contributed by atoms with E-state index in [4.69, 9.17) is 9.52 Å². The lowest BCUT2D eigenvalue weighted by molar-refractivity contribution is -0.131. The number of aliphatic carboxylic acids is 1. The van der Waals surface area contributed by atoms with Crippen LogP contribution in [-0.2, 0) is 27.0 Å². The van der Waals surface area contributed by atoms with Crippen LogP contribution in [0.1, 0.15) is 47.9 Å². The van der Waals surface area contributed by atoms with Gasteiger partial charge in [0.2, 0.25) is 22.7 Å². The predicted octanol–water partition coefficient (Wildman–Crippen LogP) is 1.51. The molecule has 2 heterocycles. The van der Waals surface area contributed by atoms with Gasteiger partial charge in [-0.1, -0.05) is 48.5 Å². The van der Waals surface area contributed by atoms with Gasteiger partial charge >= 0.3 is 17.8 Å². The number of nitrogens with one attached hydrogen (secondary N) is 2. The summed E-state index contributed by atoms with van der Waals surface area (Å²) in [6.45, 7) is 3.52. The highest BCUT2D eigenvalue weighted by molar-refractivity contribution is 7.69. The number of thiol groups is 1. The number of carbonyl (C=O) groups excluding carboxylic acids is 2. The summed E-state index contributed by atoms with van der Waals surface area (Å²) < 4.78 is 30.2. The largest absolute Gasteiger partial charge is 0.478 e. The molecule has 1 aromatic heterocycles. The molecule has 42 heavy (non-hydrogen) atoms. The monoisotopic (exact) mass is 598 g/mol. The van der Waals surface area contributed by atoms with E-state index in [2.05, 4.69) is 63.0 Å². The molecule has 0 spiro atoms. The van der Waals surface area contributed by atoms with Crippen molar-refractivity contribution in [1.82, 2.24) is 30.0 Å². The Bertz CT molecular complexity index is 1500. The summed E-state index contributed by atoms with van der Waals surface area (Å²) in [5, 5.41) is 23.2. The topological polar surface area (TPSA) is 175 Å². The summed E-state index contributed by atoms with van der Waals surface area (Å²) in [5.41, 5.74) is 1.27. The van der Waals surface area contributed by atoms with Crippen molar-refractivity contribution in [1.29, 1.82) is 0 Å². The first-order valence-electron chi connectivity index (χ1n) is 13.6. The van der Waals surface area contributed by atoms with Crippen LogP contribution in [0.5, 0.6) is 0 Å². The number of amides is 2. The second-order valence-electron chi connectivity index (χ2n) is 10.0. The number of hydrogen-bond acceptors (Lipinski definition) is 9. The Balaban J connectivity index is 1.23. The number of aromatic nitrogens is 2. The summed E-state index contributed by atoms with van der Waals surface area (Å²) in [5.74, 6) is -2.66. The number of carboxylic acids is 1. The molecule has 224 valence electrons. The lowest BCUT2D eigenvalue weighted by Crippen LogP contribution is -2.42. The van der Waals surface area contributed by atoms with E-state index in [-0.39, 0.29) is 49.9 Å². The molecule has 1 fully saturated rings. The Morgan fingerprint density at radius 1 is 1.12 bits per heavy atom. The van der Waals surface area contributed by atoms with E-state index in [0.717, 1.165) is 36.3 Å². The molecule has 1 aliphatic heterocycles. The molecular formula is C28H34N6O7S. The zero-order valence-corrected chi connectivity index (χ0v) is 24.0. The number of likely N-dealkylation sites (tertiary alicyclic amines) is 1. The van der Waals surface area contributed by atoms with E-state index in [9.17, 15) is 22.8 Å². The Hall–Kier alpha value is -4.14. The second kappa shape index (κ2) is 14.7. The third-order valence-corrected chi connectivity index (χ3v) is 8.00. The van der Waals surface area contributed by atoms with Crippen molar-refractivity contribution in [3.63, 3.8) is 0 Å². The van der Waals surface area contributed by atoms with Gasteiger partial charge in [-0.15, -0.1) is 10.2 Å². The molecule has 0 bridgehead atoms. The van der Waals surface area contributed by atoms with E-state index in [1.807, 2.05) is 12.1 Å². The number of piperidine rings is 1. The van der Waals surface area contributed by atoms with Crippen molar-refractivity contribution in [3.8, 4) is 0 Å². The van der Waals surface area contributed by atoms with Gasteiger partial charge in [-0.2, -0.15) is 4.31 Å². The van der Waals surface area contributed by atoms with Gasteiger partial charge in [0.15, 0.2) is 0 Å². The second-order valence-corrected chi connectivity index (χ2v) is 11.1. The van der Waals surface area contributed by atoms with Crippen LogP contribution in [0, 0.1) is 5.92 Å². The SMILES string of the molecule is CC(c1cccc2ccccc12)N1CCC(CN(CC(=O)NCc2nnc(C(=O)NC/C=C/C(=O)O)o2)[SH](=O)=O)CC1. The average molecular weight is 599 g/mol. The van der Waals surface area contributed by atoms with Crippen LogP contribution in [0.2, 0.25) is 0 Å². The fourth-order valence-electron chi connectivity index (χ4n) is 5.02. The van der Waals surface area contributed by atoms with Crippen molar-refractivity contribution in [2.24, 2.45) is 5.92 Å². The number of hydrogen-bond donors (Lipinski definition) is 4. The number of fused-ring (bicyclic) bond motifs is 1. The standard InChI is InChI=1S/C28H34N6O7S/c1-19(22-9-4-7-21-6-2-3-8-23(21)22)33-14-11-20(12-15-33)17-34(42(39)40)18-24(35)30-16-25-31-32-28(41-25)27(38)29-13-5-10-26(36)37/h2-10,19-20,42H,11-18H2,1H3,(H,29,38)(H,30,35)(H,36,37)/b10-5+. The van der Waals surface area contributed by atoms with Crippen molar-refractivity contribution < 1.29 is 32.3 Å². The smallest absolute Gasteiger partial charge is 0.328 e. The van der Waals surface area contributed by atoms with Crippen LogP contribution in [0.15, 0.2) is 59.0 Å². The van der Waals surface area contributed by atoms with Gasteiger partial charge in [0.25, 0.3) is 0 Å². The normalized spacial score (nSPS) is 15.4. The summed E-state index contributed by atoms with van der Waals surface area (Å²) in [7, 11) is -2.97. The molecule has 4 rings (SSSR count). The summed E-state index contributed by atoms with van der Waals surface area (Å²) >= 11 is 0. The van der Waals surface area contributed by atoms with Crippen LogP contribution in [-0.4, -0.2) is 83.4 Å². The number of carbonyl (C=O) groups is 3. The van der Waals surface area contributed by atoms with Crippen molar-refractivity contribution in [2.45, 2.75) is 32.4 Å². The molecule has 0 radical (unpaired) electrons. The third-order valence-electron chi connectivity index (χ3n) is 7.24. The number of carboxylic acid groups (broad SMARTS) is 1. The van der Waals surface area contributed by atoms with Crippen molar-refractivity contribution in [3.05, 3.63) is 72.0 Å². The molecule has 13 nitrogen and oxygen atoms in total. The number of rotatable bonds is 13. The van der Waals surface area contributed by atoms with Gasteiger partial charge in [0.05, 0.1) is 13.1 Å². The summed E-state index contributed by atoms with van der Waals surface area (Å²) in [6.07, 6.45) is 3.75. The van der Waals surface area contributed by atoms with Crippen molar-refractivity contribution in [2.75, 3.05) is 32.7 Å². The van der Waals surface area contributed by atoms with E-state index >= 15 is 0 Å². The minimum absolute atomic E-state index is 0.0414. The quantitative estimate of drug-likeness (QED) is 0.167. The third kappa shape index (κ3) is 8.44. The molecule has 0 saturated carbocycles. The molecule has 0 aliphatic carbocycles. The minimum atomic E-state index is -2.97. The number of benzene rings is 2. The molecule has 1 aliphatic rings. The zero-order valence-electron chi connectivity index (χ0n) is 23.1. The van der Waals surface area contributed by atoms with E-state index in [1.165, 1.54) is 22.4 Å². The molecule has 3 N–H and O–H groups in total. The van der Waals surface area contributed by atoms with Crippen LogP contribution >= 0.6 is 0 Å². The minimum Gasteiger partial charge on any atom is -0.478 e. The highest BCUT2D eigenvalue weighted by Crippen LogP contribution is 2.31. The zero-order chi connectivity index (χ0) is 30.1. The van der Waals surface area contributed by atoms with Crippen LogP contribution < -0.4 is 10.6 Å². The molecular weight excluding hydrogens is 564 g/mol. The molecule has 3 aromatic rings. The Morgan fingerprint density at radius 3 is 2.60 bits per heavy atom. The first-order valence-corrected chi connectivity index (χ1v) is 14.7. The maximum Gasteiger partial charge on any atom is 0.328 e. The molecule has 1 atom stereocenters. The summed E-state index contributed by atoms with van der Waals surface area (Å²) in [4.78, 5) is 37.3. The summed E-state index contributed by atoms with van der Waals surface area (Å²) in [6, 6.07) is 14.9. The van der Waals surface area contributed by atoms with Crippen molar-refractivity contribution >= 4 is 39.4 Å². The van der Waals surface area contributed by atoms with Gasteiger partial charge in [0, 0.05) is 25.2 Å². The average Bonchev–Trinajstić information content (AvgIpc) is 3.47. The van der Waals surface area contributed by atoms with E-state index in [1.54, 1.807) is 0 Å². The molecule has 14 heteroatoms. The highest BCUT2D eigenvalue weighted by atomic mass is 32.2. The van der Waals surface area contributed by atoms with Gasteiger partial charge in [-0.3, -0.25) is 14.5 Å². The van der Waals surface area contributed by atoms with Crippen LogP contribution in [0.3, 0.4) is 0 Å². The van der Waals surface area contributed by atoms with Gasteiger partial charge in [0.1, 0.15) is 0 Å². The maximum atomic E-state index is 12.5.